The van der Waals surface area contributed by atoms with Crippen LogP contribution in [0.25, 0.3) is 0 Å². The number of hydrogen-bond acceptors (Lipinski definition) is 8. The first-order valence-corrected chi connectivity index (χ1v) is 12.8. The summed E-state index contributed by atoms with van der Waals surface area (Å²) in [7, 11) is 0. The lowest BCUT2D eigenvalue weighted by Crippen LogP contribution is -3.16. The van der Waals surface area contributed by atoms with Crippen molar-refractivity contribution >= 4 is 51.0 Å². The van der Waals surface area contributed by atoms with Crippen LogP contribution in [0.2, 0.25) is 0 Å². The van der Waals surface area contributed by atoms with Gasteiger partial charge in [0.2, 0.25) is 5.78 Å². The number of nitrogens with two attached hydrogens (primary N) is 1. The highest BCUT2D eigenvalue weighted by Crippen LogP contribution is 2.31. The number of quaternary nitrogens is 1. The van der Waals surface area contributed by atoms with Gasteiger partial charge in [0.1, 0.15) is 23.8 Å². The minimum atomic E-state index is -0.124. The Morgan fingerprint density at radius 1 is 1.06 bits per heavy atom. The number of ketones is 1. The van der Waals surface area contributed by atoms with E-state index in [1.807, 2.05) is 36.4 Å². The number of carbonyl (C=O) groups is 2. The number of aromatic nitrogens is 1. The zero-order valence-electron chi connectivity index (χ0n) is 20.5. The Bertz CT molecular complexity index is 1160. The normalized spacial score (nSPS) is 14.1. The van der Waals surface area contributed by atoms with E-state index < -0.39 is 0 Å². The van der Waals surface area contributed by atoms with Crippen LogP contribution in [0.3, 0.4) is 0 Å². The van der Waals surface area contributed by atoms with Crippen LogP contribution in [-0.4, -0.2) is 55.9 Å². The van der Waals surface area contributed by atoms with Crippen LogP contribution < -0.4 is 25.8 Å². The average molecular weight is 494 g/mol. The number of nitrogens with zero attached hydrogens (tertiary/aromatic N) is 3. The van der Waals surface area contributed by atoms with E-state index in [0.29, 0.717) is 15.6 Å². The number of carbonyl (C=O) groups excluding carboxylic acids is 2. The number of benzene rings is 2. The molecule has 0 spiro atoms. The summed E-state index contributed by atoms with van der Waals surface area (Å²) >= 11 is 1.26. The summed E-state index contributed by atoms with van der Waals surface area (Å²) in [5.74, 6) is 0.320. The van der Waals surface area contributed by atoms with Crippen LogP contribution in [0.15, 0.2) is 48.5 Å². The highest BCUT2D eigenvalue weighted by molar-refractivity contribution is 7.18. The second-order valence-electron chi connectivity index (χ2n) is 8.60. The molecule has 8 nitrogen and oxygen atoms in total. The molecule has 0 unspecified atom stereocenters. The summed E-state index contributed by atoms with van der Waals surface area (Å²) in [6.07, 6.45) is 0. The Balaban J connectivity index is 1.40. The second kappa shape index (κ2) is 10.9. The highest BCUT2D eigenvalue weighted by Gasteiger charge is 2.23. The summed E-state index contributed by atoms with van der Waals surface area (Å²) < 4.78 is 0. The van der Waals surface area contributed by atoms with Gasteiger partial charge in [0.05, 0.1) is 20.0 Å². The number of nitrogens with one attached hydrogen (secondary N) is 2. The molecule has 1 aromatic heterocycles. The van der Waals surface area contributed by atoms with Crippen molar-refractivity contribution in [1.29, 1.82) is 0 Å². The largest absolute Gasteiger partial charge is 0.382 e. The molecule has 4 N–H and O–H groups in total. The van der Waals surface area contributed by atoms with E-state index in [0.717, 1.165) is 61.2 Å². The zero-order valence-corrected chi connectivity index (χ0v) is 21.3. The monoisotopic (exact) mass is 493 g/mol. The molecule has 0 atom stereocenters. The lowest BCUT2D eigenvalue weighted by molar-refractivity contribution is -0.820. The first-order chi connectivity index (χ1) is 16.9. The molecule has 2 heterocycles. The van der Waals surface area contributed by atoms with E-state index in [9.17, 15) is 9.59 Å². The van der Waals surface area contributed by atoms with Crippen molar-refractivity contribution < 1.29 is 14.5 Å². The van der Waals surface area contributed by atoms with Crippen molar-refractivity contribution in [1.82, 2.24) is 4.98 Å². The summed E-state index contributed by atoms with van der Waals surface area (Å²) in [5.41, 5.74) is 9.80. The van der Waals surface area contributed by atoms with Gasteiger partial charge in [-0.15, -0.1) is 0 Å². The Hall–Kier alpha value is -3.43. The molecule has 1 fully saturated rings. The molecule has 1 aliphatic rings. The lowest BCUT2D eigenvalue weighted by Gasteiger charge is -2.32. The van der Waals surface area contributed by atoms with Gasteiger partial charge in [0, 0.05) is 35.7 Å². The maximum Gasteiger partial charge on any atom is 0.309 e. The molecule has 0 aliphatic carbocycles. The standard InChI is InChI=1S/C26H32N6O2S/c1-4-30(5-2)21-10-6-19(7-11-21)23(34)24-25(27)29-26(35-24)28-20-8-12-22(13-9-20)32-16-14-31(15-17-32)18(3)33/h6-13H,4-5,14-17,27H2,1-3H3,(H,28,29)/p+1. The molecular weight excluding hydrogens is 460 g/mol. The molecule has 9 heteroatoms. The molecule has 4 rings (SSSR count). The van der Waals surface area contributed by atoms with Crippen molar-refractivity contribution in [2.45, 2.75) is 20.8 Å². The fraction of sp³-hybridized carbons (Fsp3) is 0.346. The van der Waals surface area contributed by atoms with Crippen LogP contribution >= 0.6 is 11.3 Å². The van der Waals surface area contributed by atoms with Gasteiger partial charge in [-0.1, -0.05) is 11.3 Å². The minimum absolute atomic E-state index is 0.124. The first kappa shape index (κ1) is 24.7. The highest BCUT2D eigenvalue weighted by atomic mass is 32.1. The van der Waals surface area contributed by atoms with Gasteiger partial charge < -0.3 is 20.9 Å². The number of anilines is 5. The van der Waals surface area contributed by atoms with Gasteiger partial charge in [-0.2, -0.15) is 0 Å². The molecule has 1 amide bonds. The number of nitrogen functional groups attached to an aromatic ring is 1. The fourth-order valence-corrected chi connectivity index (χ4v) is 5.22. The van der Waals surface area contributed by atoms with Crippen molar-refractivity contribution in [3.05, 3.63) is 59.0 Å². The molecule has 3 aromatic rings. The van der Waals surface area contributed by atoms with Crippen molar-refractivity contribution in [2.75, 3.05) is 60.1 Å². The van der Waals surface area contributed by atoms with Gasteiger partial charge in [-0.3, -0.25) is 9.69 Å². The number of thiazole rings is 1. The van der Waals surface area contributed by atoms with E-state index in [4.69, 9.17) is 5.73 Å². The predicted molar refractivity (Wildman–Crippen MR) is 143 cm³/mol. The Morgan fingerprint density at radius 3 is 2.26 bits per heavy atom. The van der Waals surface area contributed by atoms with Crippen molar-refractivity contribution in [3.63, 3.8) is 0 Å². The van der Waals surface area contributed by atoms with Crippen LogP contribution in [0, 0.1) is 0 Å². The summed E-state index contributed by atoms with van der Waals surface area (Å²) in [6.45, 7) is 11.1. The van der Waals surface area contributed by atoms with E-state index in [2.05, 4.69) is 46.1 Å². The molecule has 2 aromatic carbocycles. The second-order valence-corrected chi connectivity index (χ2v) is 9.60. The predicted octanol–water partition coefficient (Wildman–Crippen LogP) is 2.80. The number of hydrogen-bond donors (Lipinski definition) is 3. The van der Waals surface area contributed by atoms with Crippen LogP contribution in [-0.2, 0) is 4.79 Å². The lowest BCUT2D eigenvalue weighted by atomic mass is 10.1. The van der Waals surface area contributed by atoms with Crippen LogP contribution in [0.5, 0.6) is 0 Å². The van der Waals surface area contributed by atoms with E-state index in [1.54, 1.807) is 6.92 Å². The number of rotatable bonds is 8. The molecule has 0 bridgehead atoms. The smallest absolute Gasteiger partial charge is 0.309 e. The summed E-state index contributed by atoms with van der Waals surface area (Å²) in [5, 5.41) is 3.84. The third-order valence-corrected chi connectivity index (χ3v) is 7.45. The topological polar surface area (TPSA) is 96.0 Å². The Labute approximate surface area is 210 Å². The van der Waals surface area contributed by atoms with Gasteiger partial charge >= 0.3 is 5.91 Å². The zero-order chi connectivity index (χ0) is 24.9. The number of amides is 1. The molecule has 35 heavy (non-hydrogen) atoms. The Morgan fingerprint density at radius 2 is 1.69 bits per heavy atom. The Kier molecular flexibility index (Phi) is 7.67. The number of piperazine rings is 1. The van der Waals surface area contributed by atoms with Gasteiger partial charge in [0.25, 0.3) is 0 Å². The van der Waals surface area contributed by atoms with E-state index >= 15 is 0 Å². The van der Waals surface area contributed by atoms with Gasteiger partial charge in [-0.05, 0) is 62.4 Å². The molecule has 0 saturated carbocycles. The van der Waals surface area contributed by atoms with Gasteiger partial charge in [0.15, 0.2) is 5.13 Å². The fourth-order valence-electron chi connectivity index (χ4n) is 4.36. The van der Waals surface area contributed by atoms with Crippen molar-refractivity contribution in [2.24, 2.45) is 0 Å². The maximum absolute atomic E-state index is 13.1. The third kappa shape index (κ3) is 5.63. The maximum atomic E-state index is 13.1. The quantitative estimate of drug-likeness (QED) is 0.415. The van der Waals surface area contributed by atoms with E-state index in [-0.39, 0.29) is 17.5 Å². The molecule has 184 valence electrons. The van der Waals surface area contributed by atoms with E-state index in [1.165, 1.54) is 11.3 Å². The first-order valence-electron chi connectivity index (χ1n) is 12.0. The molecule has 1 saturated heterocycles. The SMILES string of the molecule is CCN(CC)c1ccc(C(=O)c2sc(Nc3ccc(N4CC[NH+](C(C)=O)CC4)cc3)nc2N)cc1. The van der Waals surface area contributed by atoms with Gasteiger partial charge in [-0.25, -0.2) is 9.78 Å². The summed E-state index contributed by atoms with van der Waals surface area (Å²) in [4.78, 5) is 35.0. The summed E-state index contributed by atoms with van der Waals surface area (Å²) in [6, 6.07) is 15.7. The molecule has 0 radical (unpaired) electrons. The van der Waals surface area contributed by atoms with Crippen LogP contribution in [0.4, 0.5) is 28.0 Å². The average Bonchev–Trinajstić information content (AvgIpc) is 3.25. The van der Waals surface area contributed by atoms with Crippen LogP contribution in [0.1, 0.15) is 36.0 Å². The van der Waals surface area contributed by atoms with Crippen molar-refractivity contribution in [3.8, 4) is 0 Å². The third-order valence-electron chi connectivity index (χ3n) is 6.47. The molecule has 1 aliphatic heterocycles. The minimum Gasteiger partial charge on any atom is -0.382 e. The molecular formula is C26H33N6O2S+.